The topological polar surface area (TPSA) is 37.4 Å². The van der Waals surface area contributed by atoms with Gasteiger partial charge in [-0.3, -0.25) is 9.59 Å². The third-order valence-corrected chi connectivity index (χ3v) is 7.96. The molecule has 142 valence electrons. The van der Waals surface area contributed by atoms with Crippen LogP contribution in [-0.2, 0) is 14.5 Å². The van der Waals surface area contributed by atoms with Crippen molar-refractivity contribution in [2.75, 3.05) is 4.90 Å². The number of hydrogen-bond acceptors (Lipinski definition) is 2. The summed E-state index contributed by atoms with van der Waals surface area (Å²) in [5.41, 5.74) is 4.65. The molecule has 0 saturated carbocycles. The van der Waals surface area contributed by atoms with E-state index < -0.39 is 16.7 Å². The molecule has 1 fully saturated rings. The Labute approximate surface area is 186 Å². The van der Waals surface area contributed by atoms with E-state index in [2.05, 4.69) is 34.7 Å². The first-order valence-electron chi connectivity index (χ1n) is 9.54. The van der Waals surface area contributed by atoms with Crippen molar-refractivity contribution in [3.05, 3.63) is 98.6 Å². The number of benzene rings is 3. The molecule has 1 saturated heterocycles. The first-order chi connectivity index (χ1) is 14.0. The van der Waals surface area contributed by atoms with Crippen LogP contribution in [0.5, 0.6) is 0 Å². The molecular formula is C24H15ClINO2. The molecule has 0 radical (unpaired) electrons. The van der Waals surface area contributed by atoms with Crippen LogP contribution in [0.25, 0.3) is 0 Å². The van der Waals surface area contributed by atoms with E-state index >= 15 is 0 Å². The van der Waals surface area contributed by atoms with Gasteiger partial charge in [-0.05, 0) is 69.1 Å². The third kappa shape index (κ3) is 2.09. The minimum absolute atomic E-state index is 0.153. The number of carbonyl (C=O) groups is 2. The standard InChI is InChI=1S/C24H15ClINO2/c25-24-17-7-3-1-5-15(17)19(16-6-2-4-8-18(16)24)20-21(24)23(29)27(22(20)28)14-11-9-13(26)10-12-14/h1-12,19-21H/t19?,20-,21-,24?/m1/s1. The Kier molecular flexibility index (Phi) is 3.61. The second-order valence-electron chi connectivity index (χ2n) is 7.86. The molecule has 1 heterocycles. The maximum absolute atomic E-state index is 13.7. The predicted molar refractivity (Wildman–Crippen MR) is 120 cm³/mol. The SMILES string of the molecule is O=C1[C@@H]2C3c4ccccc4C(Cl)(c4ccccc43)[C@H]2C(=O)N1c1ccc(I)cc1. The lowest BCUT2D eigenvalue weighted by atomic mass is 9.54. The summed E-state index contributed by atoms with van der Waals surface area (Å²) < 4.78 is 1.05. The summed E-state index contributed by atoms with van der Waals surface area (Å²) in [6, 6.07) is 23.5. The van der Waals surface area contributed by atoms with Crippen LogP contribution < -0.4 is 4.90 Å². The van der Waals surface area contributed by atoms with E-state index in [9.17, 15) is 9.59 Å². The van der Waals surface area contributed by atoms with Gasteiger partial charge in [0.25, 0.3) is 0 Å². The van der Waals surface area contributed by atoms with Gasteiger partial charge in [0.2, 0.25) is 11.8 Å². The second-order valence-corrected chi connectivity index (χ2v) is 9.70. The van der Waals surface area contributed by atoms with Crippen LogP contribution in [0, 0.1) is 15.4 Å². The second kappa shape index (κ2) is 5.92. The summed E-state index contributed by atoms with van der Waals surface area (Å²) in [6.45, 7) is 0. The van der Waals surface area contributed by atoms with Gasteiger partial charge in [-0.15, -0.1) is 11.6 Å². The highest BCUT2D eigenvalue weighted by Gasteiger charge is 2.67. The first kappa shape index (κ1) is 17.7. The van der Waals surface area contributed by atoms with E-state index in [1.54, 1.807) is 0 Å². The van der Waals surface area contributed by atoms with Crippen molar-refractivity contribution in [1.29, 1.82) is 0 Å². The molecule has 2 bridgehead atoms. The molecule has 0 N–H and O–H groups in total. The van der Waals surface area contributed by atoms with Gasteiger partial charge < -0.3 is 0 Å². The lowest BCUT2D eigenvalue weighted by molar-refractivity contribution is -0.122. The monoisotopic (exact) mass is 511 g/mol. The van der Waals surface area contributed by atoms with Crippen molar-refractivity contribution in [3.63, 3.8) is 0 Å². The van der Waals surface area contributed by atoms with Gasteiger partial charge in [0.05, 0.1) is 17.5 Å². The molecule has 29 heavy (non-hydrogen) atoms. The Bertz CT molecular complexity index is 1160. The van der Waals surface area contributed by atoms with Crippen LogP contribution in [0.4, 0.5) is 5.69 Å². The van der Waals surface area contributed by atoms with Crippen LogP contribution in [-0.4, -0.2) is 11.8 Å². The summed E-state index contributed by atoms with van der Waals surface area (Å²) in [7, 11) is 0. The average Bonchev–Trinajstić information content (AvgIpc) is 3.01. The van der Waals surface area contributed by atoms with E-state index in [-0.39, 0.29) is 17.7 Å². The molecule has 0 spiro atoms. The maximum Gasteiger partial charge on any atom is 0.240 e. The van der Waals surface area contributed by atoms with E-state index in [4.69, 9.17) is 11.6 Å². The molecule has 7 rings (SSSR count). The lowest BCUT2D eigenvalue weighted by Gasteiger charge is -2.50. The minimum atomic E-state index is -1.03. The highest BCUT2D eigenvalue weighted by molar-refractivity contribution is 14.1. The Morgan fingerprint density at radius 1 is 0.793 bits per heavy atom. The Hall–Kier alpha value is -2.18. The van der Waals surface area contributed by atoms with Gasteiger partial charge >= 0.3 is 0 Å². The average molecular weight is 512 g/mol. The van der Waals surface area contributed by atoms with E-state index in [1.807, 2.05) is 60.7 Å². The lowest BCUT2D eigenvalue weighted by Crippen LogP contribution is -2.50. The van der Waals surface area contributed by atoms with Crippen molar-refractivity contribution in [1.82, 2.24) is 0 Å². The van der Waals surface area contributed by atoms with Crippen molar-refractivity contribution in [2.45, 2.75) is 10.8 Å². The van der Waals surface area contributed by atoms with Crippen molar-refractivity contribution >= 4 is 51.7 Å². The zero-order valence-electron chi connectivity index (χ0n) is 15.2. The molecule has 4 aliphatic rings. The fourth-order valence-corrected chi connectivity index (χ4v) is 6.46. The number of anilines is 1. The van der Waals surface area contributed by atoms with Gasteiger partial charge in [0, 0.05) is 9.49 Å². The Balaban J connectivity index is 1.61. The molecule has 3 aliphatic carbocycles. The van der Waals surface area contributed by atoms with Crippen LogP contribution in [0.1, 0.15) is 28.2 Å². The Morgan fingerprint density at radius 2 is 1.34 bits per heavy atom. The van der Waals surface area contributed by atoms with Crippen LogP contribution in [0.3, 0.4) is 0 Å². The number of halogens is 2. The quantitative estimate of drug-likeness (QED) is 0.261. The van der Waals surface area contributed by atoms with Gasteiger partial charge in [-0.2, -0.15) is 0 Å². The normalized spacial score (nSPS) is 28.9. The number of alkyl halides is 1. The molecular weight excluding hydrogens is 497 g/mol. The van der Waals surface area contributed by atoms with Crippen LogP contribution >= 0.6 is 34.2 Å². The van der Waals surface area contributed by atoms with Gasteiger partial charge in [0.1, 0.15) is 4.87 Å². The van der Waals surface area contributed by atoms with Gasteiger partial charge in [-0.25, -0.2) is 4.90 Å². The number of carbonyl (C=O) groups excluding carboxylic acids is 2. The van der Waals surface area contributed by atoms with E-state index in [1.165, 1.54) is 4.90 Å². The summed E-state index contributed by atoms with van der Waals surface area (Å²) >= 11 is 9.61. The highest BCUT2D eigenvalue weighted by Crippen LogP contribution is 2.65. The maximum atomic E-state index is 13.7. The van der Waals surface area contributed by atoms with Crippen molar-refractivity contribution < 1.29 is 9.59 Å². The summed E-state index contributed by atoms with van der Waals surface area (Å²) in [4.78, 5) is 27.6. The summed E-state index contributed by atoms with van der Waals surface area (Å²) in [5.74, 6) is -1.60. The molecule has 0 aromatic heterocycles. The number of hydrogen-bond donors (Lipinski definition) is 0. The number of nitrogens with zero attached hydrogens (tertiary/aromatic N) is 1. The predicted octanol–water partition coefficient (Wildman–Crippen LogP) is 5.04. The molecule has 3 aromatic carbocycles. The number of imide groups is 1. The largest absolute Gasteiger partial charge is 0.274 e. The Morgan fingerprint density at radius 3 is 1.93 bits per heavy atom. The number of amides is 2. The fraction of sp³-hybridized carbons (Fsp3) is 0.167. The summed E-state index contributed by atoms with van der Waals surface area (Å²) in [5, 5.41) is 0. The molecule has 2 atom stereocenters. The fourth-order valence-electron chi connectivity index (χ4n) is 5.52. The van der Waals surface area contributed by atoms with Gasteiger partial charge in [-0.1, -0.05) is 48.5 Å². The van der Waals surface area contributed by atoms with E-state index in [0.29, 0.717) is 5.69 Å². The third-order valence-electron chi connectivity index (χ3n) is 6.60. The minimum Gasteiger partial charge on any atom is -0.274 e. The molecule has 1 aliphatic heterocycles. The van der Waals surface area contributed by atoms with Crippen molar-refractivity contribution in [2.24, 2.45) is 11.8 Å². The molecule has 0 unspecified atom stereocenters. The van der Waals surface area contributed by atoms with Gasteiger partial charge in [0.15, 0.2) is 0 Å². The van der Waals surface area contributed by atoms with Crippen LogP contribution in [0.2, 0.25) is 0 Å². The molecule has 3 nitrogen and oxygen atoms in total. The van der Waals surface area contributed by atoms with E-state index in [0.717, 1.165) is 25.8 Å². The van der Waals surface area contributed by atoms with Crippen molar-refractivity contribution in [3.8, 4) is 0 Å². The number of rotatable bonds is 1. The summed E-state index contributed by atoms with van der Waals surface area (Å²) in [6.07, 6.45) is 0. The molecule has 3 aromatic rings. The molecule has 2 amide bonds. The zero-order valence-corrected chi connectivity index (χ0v) is 18.1. The first-order valence-corrected chi connectivity index (χ1v) is 11.0. The van der Waals surface area contributed by atoms with Crippen LogP contribution in [0.15, 0.2) is 72.8 Å². The zero-order chi connectivity index (χ0) is 19.9. The highest BCUT2D eigenvalue weighted by atomic mass is 127. The molecule has 5 heteroatoms. The smallest absolute Gasteiger partial charge is 0.240 e.